The molecule has 0 saturated heterocycles. The van der Waals surface area contributed by atoms with Gasteiger partial charge in [0.25, 0.3) is 11.8 Å². The predicted molar refractivity (Wildman–Crippen MR) is 155 cm³/mol. The largest absolute Gasteiger partial charge is 0.494 e. The summed E-state index contributed by atoms with van der Waals surface area (Å²) in [6, 6.07) is 18.2. The van der Waals surface area contributed by atoms with Gasteiger partial charge in [0, 0.05) is 5.56 Å². The fraction of sp³-hybridized carbons (Fsp3) is 0.290. The van der Waals surface area contributed by atoms with E-state index < -0.39 is 17.8 Å². The number of rotatable bonds is 15. The van der Waals surface area contributed by atoms with Crippen LogP contribution < -0.4 is 29.7 Å². The third kappa shape index (κ3) is 9.99. The molecule has 216 valence electrons. The lowest BCUT2D eigenvalue weighted by atomic mass is 10.2. The maximum Gasteiger partial charge on any atom is 0.343 e. The van der Waals surface area contributed by atoms with Gasteiger partial charge in [-0.3, -0.25) is 9.59 Å². The van der Waals surface area contributed by atoms with E-state index in [-0.39, 0.29) is 12.3 Å². The second-order valence-corrected chi connectivity index (χ2v) is 8.87. The van der Waals surface area contributed by atoms with Crippen molar-refractivity contribution in [3.8, 4) is 23.0 Å². The summed E-state index contributed by atoms with van der Waals surface area (Å²) >= 11 is 0. The third-order valence-corrected chi connectivity index (χ3v) is 5.65. The molecule has 3 aromatic carbocycles. The Balaban J connectivity index is 1.48. The van der Waals surface area contributed by atoms with E-state index >= 15 is 0 Å². The average Bonchev–Trinajstić information content (AvgIpc) is 3.00. The SMILES string of the molecule is CCCCOc1ccc(C(=O)Oc2ccc(/C=N\NC(=O)CNC(=O)c3ccc(OCCC)cc3)cc2OC)cc1. The number of methoxy groups -OCH3 is 1. The van der Waals surface area contributed by atoms with Crippen LogP contribution >= 0.6 is 0 Å². The van der Waals surface area contributed by atoms with Gasteiger partial charge in [-0.1, -0.05) is 20.3 Å². The van der Waals surface area contributed by atoms with E-state index in [2.05, 4.69) is 22.8 Å². The summed E-state index contributed by atoms with van der Waals surface area (Å²) in [5.41, 5.74) is 3.72. The van der Waals surface area contributed by atoms with E-state index in [4.69, 9.17) is 18.9 Å². The van der Waals surface area contributed by atoms with Gasteiger partial charge in [0.15, 0.2) is 11.5 Å². The summed E-state index contributed by atoms with van der Waals surface area (Å²) in [6.07, 6.45) is 4.29. The van der Waals surface area contributed by atoms with E-state index in [1.54, 1.807) is 66.7 Å². The zero-order chi connectivity index (χ0) is 29.5. The first-order valence-corrected chi connectivity index (χ1v) is 13.4. The van der Waals surface area contributed by atoms with Crippen molar-refractivity contribution in [3.63, 3.8) is 0 Å². The van der Waals surface area contributed by atoms with Crippen LogP contribution in [0.5, 0.6) is 23.0 Å². The number of hydrogen-bond acceptors (Lipinski definition) is 8. The van der Waals surface area contributed by atoms with Crippen molar-refractivity contribution < 1.29 is 33.3 Å². The molecule has 3 rings (SSSR count). The van der Waals surface area contributed by atoms with Crippen LogP contribution in [0.15, 0.2) is 71.8 Å². The molecule has 0 aliphatic carbocycles. The Labute approximate surface area is 239 Å². The number of esters is 1. The summed E-state index contributed by atoms with van der Waals surface area (Å²) in [6.45, 7) is 5.06. The first-order valence-electron chi connectivity index (χ1n) is 13.4. The molecule has 0 aliphatic rings. The lowest BCUT2D eigenvalue weighted by Gasteiger charge is -2.10. The number of benzene rings is 3. The molecule has 0 atom stereocenters. The molecule has 41 heavy (non-hydrogen) atoms. The zero-order valence-corrected chi connectivity index (χ0v) is 23.5. The van der Waals surface area contributed by atoms with Crippen LogP contribution in [0.1, 0.15) is 59.4 Å². The van der Waals surface area contributed by atoms with E-state index in [9.17, 15) is 14.4 Å². The van der Waals surface area contributed by atoms with Gasteiger partial charge in [0.2, 0.25) is 0 Å². The summed E-state index contributed by atoms with van der Waals surface area (Å²) < 4.78 is 22.0. The van der Waals surface area contributed by atoms with Crippen LogP contribution in [0.25, 0.3) is 0 Å². The second kappa shape index (κ2) is 16.3. The second-order valence-electron chi connectivity index (χ2n) is 8.87. The fourth-order valence-electron chi connectivity index (χ4n) is 3.43. The Morgan fingerprint density at radius 1 is 0.805 bits per heavy atom. The van der Waals surface area contributed by atoms with E-state index in [1.807, 2.05) is 6.92 Å². The minimum Gasteiger partial charge on any atom is -0.494 e. The van der Waals surface area contributed by atoms with Gasteiger partial charge < -0.3 is 24.3 Å². The molecular weight excluding hydrogens is 526 g/mol. The van der Waals surface area contributed by atoms with Crippen LogP contribution in [0.4, 0.5) is 0 Å². The molecule has 0 fully saturated rings. The minimum absolute atomic E-state index is 0.231. The highest BCUT2D eigenvalue weighted by molar-refractivity contribution is 5.96. The molecule has 10 heteroatoms. The quantitative estimate of drug-likeness (QED) is 0.0901. The van der Waals surface area contributed by atoms with Crippen LogP contribution in [0.3, 0.4) is 0 Å². The maximum absolute atomic E-state index is 12.6. The Hall–Kier alpha value is -4.86. The van der Waals surface area contributed by atoms with Gasteiger partial charge in [0.1, 0.15) is 11.5 Å². The first kappa shape index (κ1) is 30.7. The van der Waals surface area contributed by atoms with Crippen molar-refractivity contribution in [1.29, 1.82) is 0 Å². The highest BCUT2D eigenvalue weighted by atomic mass is 16.6. The highest BCUT2D eigenvalue weighted by Gasteiger charge is 2.13. The molecule has 0 aromatic heterocycles. The average molecular weight is 562 g/mol. The molecular formula is C31H35N3O7. The molecule has 0 radical (unpaired) electrons. The van der Waals surface area contributed by atoms with E-state index in [0.717, 1.165) is 19.3 Å². The molecule has 0 aliphatic heterocycles. The molecule has 0 heterocycles. The molecule has 3 aromatic rings. The van der Waals surface area contributed by atoms with E-state index in [1.165, 1.54) is 13.3 Å². The topological polar surface area (TPSA) is 125 Å². The van der Waals surface area contributed by atoms with E-state index in [0.29, 0.717) is 47.2 Å². The summed E-state index contributed by atoms with van der Waals surface area (Å²) in [5, 5.41) is 6.45. The van der Waals surface area contributed by atoms with Crippen LogP contribution in [-0.4, -0.2) is 50.9 Å². The molecule has 0 spiro atoms. The number of nitrogens with zero attached hydrogens (tertiary/aromatic N) is 1. The van der Waals surface area contributed by atoms with Gasteiger partial charge in [-0.15, -0.1) is 0 Å². The monoisotopic (exact) mass is 561 g/mol. The molecule has 0 bridgehead atoms. The number of hydrazone groups is 1. The molecule has 2 N–H and O–H groups in total. The summed E-state index contributed by atoms with van der Waals surface area (Å²) in [5.74, 6) is 0.473. The zero-order valence-electron chi connectivity index (χ0n) is 23.5. The van der Waals surface area contributed by atoms with Gasteiger partial charge in [-0.2, -0.15) is 5.10 Å². The number of hydrogen-bond donors (Lipinski definition) is 2. The Morgan fingerprint density at radius 2 is 1.46 bits per heavy atom. The van der Waals surface area contributed by atoms with Crippen LogP contribution in [0, 0.1) is 0 Å². The number of ether oxygens (including phenoxy) is 4. The van der Waals surface area contributed by atoms with Gasteiger partial charge in [-0.25, -0.2) is 10.2 Å². The van der Waals surface area contributed by atoms with Crippen molar-refractivity contribution in [2.24, 2.45) is 5.10 Å². The predicted octanol–water partition coefficient (Wildman–Crippen LogP) is 4.76. The summed E-state index contributed by atoms with van der Waals surface area (Å²) in [7, 11) is 1.45. The Kier molecular flexibility index (Phi) is 12.2. The Bertz CT molecular complexity index is 1320. The fourth-order valence-corrected chi connectivity index (χ4v) is 3.43. The lowest BCUT2D eigenvalue weighted by Crippen LogP contribution is -2.34. The van der Waals surface area contributed by atoms with Crippen LogP contribution in [0.2, 0.25) is 0 Å². The number of carbonyl (C=O) groups is 3. The third-order valence-electron chi connectivity index (χ3n) is 5.65. The minimum atomic E-state index is -0.542. The number of amides is 2. The maximum atomic E-state index is 12.6. The van der Waals surface area contributed by atoms with Crippen molar-refractivity contribution in [2.45, 2.75) is 33.1 Å². The normalized spacial score (nSPS) is 10.6. The van der Waals surface area contributed by atoms with Crippen molar-refractivity contribution in [1.82, 2.24) is 10.7 Å². The van der Waals surface area contributed by atoms with Crippen molar-refractivity contribution in [2.75, 3.05) is 26.9 Å². The van der Waals surface area contributed by atoms with Crippen LogP contribution in [-0.2, 0) is 4.79 Å². The lowest BCUT2D eigenvalue weighted by molar-refractivity contribution is -0.120. The van der Waals surface area contributed by atoms with Crippen molar-refractivity contribution in [3.05, 3.63) is 83.4 Å². The Morgan fingerprint density at radius 3 is 2.10 bits per heavy atom. The molecule has 0 unspecified atom stereocenters. The summed E-state index contributed by atoms with van der Waals surface area (Å²) in [4.78, 5) is 37.0. The van der Waals surface area contributed by atoms with Gasteiger partial charge >= 0.3 is 5.97 Å². The highest BCUT2D eigenvalue weighted by Crippen LogP contribution is 2.28. The number of nitrogens with one attached hydrogen (secondary N) is 2. The standard InChI is InChI=1S/C31H35N3O7/c1-4-6-18-40-26-14-10-24(11-15-26)31(37)41-27-16-7-22(19-28(27)38-3)20-33-34-29(35)21-32-30(36)23-8-12-25(13-9-23)39-17-5-2/h7-16,19-20H,4-6,17-18,21H2,1-3H3,(H,32,36)(H,34,35)/b33-20-. The first-order chi connectivity index (χ1) is 19.9. The smallest absolute Gasteiger partial charge is 0.343 e. The van der Waals surface area contributed by atoms with Gasteiger partial charge in [0.05, 0.1) is 38.6 Å². The number of unbranched alkanes of at least 4 members (excludes halogenated alkanes) is 1. The molecule has 2 amide bonds. The molecule has 0 saturated carbocycles. The number of carbonyl (C=O) groups excluding carboxylic acids is 3. The van der Waals surface area contributed by atoms with Crippen molar-refractivity contribution >= 4 is 24.0 Å². The van der Waals surface area contributed by atoms with Gasteiger partial charge in [-0.05, 0) is 85.1 Å². The molecule has 10 nitrogen and oxygen atoms in total.